The molecule has 8 aromatic rings. The molecule has 2 aliphatic rings. The molecule has 2 aromatic heterocycles. The van der Waals surface area contributed by atoms with Gasteiger partial charge in [-0.2, -0.15) is 0 Å². The summed E-state index contributed by atoms with van der Waals surface area (Å²) in [4.78, 5) is 18.0. The van der Waals surface area contributed by atoms with Gasteiger partial charge in [-0.15, -0.1) is 11.3 Å². The van der Waals surface area contributed by atoms with Crippen LogP contribution in [0.1, 0.15) is 39.1 Å². The SMILES string of the molecule is C1=Cc2sc(-c3nc(-c4cccc(-c5ccccc5)c4)nc(-c4ccc5c(c4)C(c4ccccc4)(c4ccccc4)c4ccccc4-5)n3)cc2CC1. The van der Waals surface area contributed by atoms with Crippen molar-refractivity contribution < 1.29 is 0 Å². The Morgan fingerprint density at radius 1 is 0.462 bits per heavy atom. The van der Waals surface area contributed by atoms with Crippen LogP contribution in [0.2, 0.25) is 0 Å². The van der Waals surface area contributed by atoms with Crippen LogP contribution >= 0.6 is 11.3 Å². The van der Waals surface area contributed by atoms with E-state index in [-0.39, 0.29) is 0 Å². The Morgan fingerprint density at radius 3 is 1.79 bits per heavy atom. The molecule has 0 saturated carbocycles. The van der Waals surface area contributed by atoms with Gasteiger partial charge in [0.15, 0.2) is 17.5 Å². The van der Waals surface area contributed by atoms with E-state index in [0.29, 0.717) is 17.5 Å². The van der Waals surface area contributed by atoms with Crippen molar-refractivity contribution in [2.45, 2.75) is 18.3 Å². The van der Waals surface area contributed by atoms with Crippen molar-refractivity contribution in [3.63, 3.8) is 0 Å². The lowest BCUT2D eigenvalue weighted by Gasteiger charge is -2.34. The van der Waals surface area contributed by atoms with E-state index < -0.39 is 5.41 Å². The number of thiophene rings is 1. The van der Waals surface area contributed by atoms with Gasteiger partial charge in [0.25, 0.3) is 0 Å². The highest BCUT2D eigenvalue weighted by atomic mass is 32.1. The third-order valence-corrected chi connectivity index (χ3v) is 11.6. The standard InChI is InChI=1S/C48H33N3S/c1-4-15-32(16-5-1)33-18-14-19-35(29-33)45-49-46(51-47(50-45)44-31-34-17-10-13-26-43(34)52-44)36-27-28-40-39-24-11-12-25-41(39)48(42(40)30-36,37-20-6-2-7-21-37)38-22-8-3-9-23-38/h1-9,11-16,18-31H,10,17H2. The van der Waals surface area contributed by atoms with Gasteiger partial charge >= 0.3 is 0 Å². The maximum Gasteiger partial charge on any atom is 0.174 e. The van der Waals surface area contributed by atoms with E-state index in [4.69, 9.17) is 15.0 Å². The Balaban J connectivity index is 1.20. The number of nitrogens with zero attached hydrogens (tertiary/aromatic N) is 3. The molecule has 4 heteroatoms. The van der Waals surface area contributed by atoms with Crippen molar-refractivity contribution in [1.82, 2.24) is 15.0 Å². The lowest BCUT2D eigenvalue weighted by molar-refractivity contribution is 0.768. The van der Waals surface area contributed by atoms with Gasteiger partial charge in [0.2, 0.25) is 0 Å². The summed E-state index contributed by atoms with van der Waals surface area (Å²) in [7, 11) is 0. The molecule has 0 fully saturated rings. The van der Waals surface area contributed by atoms with E-state index in [1.54, 1.807) is 11.3 Å². The van der Waals surface area contributed by atoms with Crippen LogP contribution in [0.4, 0.5) is 0 Å². The third-order valence-electron chi connectivity index (χ3n) is 10.5. The molecule has 0 N–H and O–H groups in total. The van der Waals surface area contributed by atoms with Crippen LogP contribution in [0.3, 0.4) is 0 Å². The molecule has 0 atom stereocenters. The van der Waals surface area contributed by atoms with E-state index >= 15 is 0 Å². The van der Waals surface area contributed by atoms with Crippen molar-refractivity contribution in [2.24, 2.45) is 0 Å². The quantitative estimate of drug-likeness (QED) is 0.175. The number of hydrogen-bond donors (Lipinski definition) is 0. The minimum Gasteiger partial charge on any atom is -0.208 e. The van der Waals surface area contributed by atoms with Crippen molar-refractivity contribution in [2.75, 3.05) is 0 Å². The van der Waals surface area contributed by atoms with E-state index in [1.165, 1.54) is 43.8 Å². The first-order chi connectivity index (χ1) is 25.8. The lowest BCUT2D eigenvalue weighted by atomic mass is 9.67. The molecule has 52 heavy (non-hydrogen) atoms. The molecule has 2 heterocycles. The highest BCUT2D eigenvalue weighted by molar-refractivity contribution is 7.16. The number of hydrogen-bond acceptors (Lipinski definition) is 4. The molecule has 0 saturated heterocycles. The highest BCUT2D eigenvalue weighted by Gasteiger charge is 2.46. The Hall–Kier alpha value is -6.23. The van der Waals surface area contributed by atoms with E-state index in [9.17, 15) is 0 Å². The Kier molecular flexibility index (Phi) is 7.36. The number of rotatable bonds is 6. The zero-order valence-corrected chi connectivity index (χ0v) is 29.2. The Labute approximate surface area is 307 Å². The average Bonchev–Trinajstić information content (AvgIpc) is 3.80. The molecular weight excluding hydrogens is 651 g/mol. The van der Waals surface area contributed by atoms with Crippen LogP contribution in [0, 0.1) is 0 Å². The van der Waals surface area contributed by atoms with Crippen LogP contribution in [0.5, 0.6) is 0 Å². The van der Waals surface area contributed by atoms with Crippen molar-refractivity contribution >= 4 is 17.4 Å². The van der Waals surface area contributed by atoms with Gasteiger partial charge in [-0.25, -0.2) is 15.0 Å². The summed E-state index contributed by atoms with van der Waals surface area (Å²) in [5.41, 5.74) is 12.5. The summed E-state index contributed by atoms with van der Waals surface area (Å²) in [5, 5.41) is 0. The van der Waals surface area contributed by atoms with E-state index in [2.05, 4.69) is 170 Å². The first-order valence-electron chi connectivity index (χ1n) is 17.8. The van der Waals surface area contributed by atoms with Crippen LogP contribution in [0.25, 0.3) is 61.8 Å². The molecule has 0 spiro atoms. The van der Waals surface area contributed by atoms with Crippen LogP contribution < -0.4 is 0 Å². The lowest BCUT2D eigenvalue weighted by Crippen LogP contribution is -2.28. The fourth-order valence-electron chi connectivity index (χ4n) is 8.11. The Morgan fingerprint density at radius 2 is 1.06 bits per heavy atom. The average molecular weight is 684 g/mol. The topological polar surface area (TPSA) is 38.7 Å². The number of benzene rings is 6. The fourth-order valence-corrected chi connectivity index (χ4v) is 9.19. The molecular formula is C48H33N3S. The van der Waals surface area contributed by atoms with Crippen LogP contribution in [0.15, 0.2) is 170 Å². The van der Waals surface area contributed by atoms with Gasteiger partial charge < -0.3 is 0 Å². The molecule has 6 aromatic carbocycles. The zero-order valence-electron chi connectivity index (χ0n) is 28.4. The summed E-state index contributed by atoms with van der Waals surface area (Å²) >= 11 is 1.76. The molecule has 0 amide bonds. The smallest absolute Gasteiger partial charge is 0.174 e. The molecule has 0 radical (unpaired) electrons. The van der Waals surface area contributed by atoms with Crippen molar-refractivity contribution in [3.8, 4) is 55.7 Å². The normalized spacial score (nSPS) is 13.7. The second-order valence-electron chi connectivity index (χ2n) is 13.5. The second kappa shape index (κ2) is 12.5. The summed E-state index contributed by atoms with van der Waals surface area (Å²) < 4.78 is 0. The molecule has 3 nitrogen and oxygen atoms in total. The number of allylic oxidation sites excluding steroid dienone is 1. The maximum atomic E-state index is 5.26. The largest absolute Gasteiger partial charge is 0.208 e. The summed E-state index contributed by atoms with van der Waals surface area (Å²) in [6.07, 6.45) is 6.60. The predicted octanol–water partition coefficient (Wildman–Crippen LogP) is 11.9. The monoisotopic (exact) mass is 683 g/mol. The molecule has 0 aliphatic heterocycles. The molecule has 0 unspecified atom stereocenters. The van der Waals surface area contributed by atoms with E-state index in [0.717, 1.165) is 40.0 Å². The zero-order chi connectivity index (χ0) is 34.5. The summed E-state index contributed by atoms with van der Waals surface area (Å²) in [5.74, 6) is 2.04. The molecule has 0 bridgehead atoms. The Bertz CT molecular complexity index is 2580. The summed E-state index contributed by atoms with van der Waals surface area (Å²) in [6.45, 7) is 0. The van der Waals surface area contributed by atoms with E-state index in [1.807, 2.05) is 6.07 Å². The first kappa shape index (κ1) is 30.6. The third kappa shape index (κ3) is 4.98. The minimum atomic E-state index is -0.508. The van der Waals surface area contributed by atoms with Crippen LogP contribution in [-0.2, 0) is 11.8 Å². The molecule has 10 rings (SSSR count). The highest BCUT2D eigenvalue weighted by Crippen LogP contribution is 2.56. The van der Waals surface area contributed by atoms with Crippen molar-refractivity contribution in [1.29, 1.82) is 0 Å². The minimum absolute atomic E-state index is 0.508. The maximum absolute atomic E-state index is 5.26. The van der Waals surface area contributed by atoms with Gasteiger partial charge in [0.05, 0.1) is 10.3 Å². The number of aromatic nitrogens is 3. The fraction of sp³-hybridized carbons (Fsp3) is 0.0625. The van der Waals surface area contributed by atoms with Gasteiger partial charge in [0.1, 0.15) is 0 Å². The molecule has 2 aliphatic carbocycles. The van der Waals surface area contributed by atoms with Crippen molar-refractivity contribution in [3.05, 3.63) is 203 Å². The first-order valence-corrected chi connectivity index (χ1v) is 18.6. The van der Waals surface area contributed by atoms with Gasteiger partial charge in [-0.1, -0.05) is 152 Å². The summed E-state index contributed by atoms with van der Waals surface area (Å²) in [6, 6.07) is 58.8. The van der Waals surface area contributed by atoms with Gasteiger partial charge in [-0.05, 0) is 87.2 Å². The van der Waals surface area contributed by atoms with Crippen LogP contribution in [-0.4, -0.2) is 15.0 Å². The predicted molar refractivity (Wildman–Crippen MR) is 214 cm³/mol. The second-order valence-corrected chi connectivity index (χ2v) is 14.6. The number of fused-ring (bicyclic) bond motifs is 4. The van der Waals surface area contributed by atoms with Gasteiger partial charge in [-0.3, -0.25) is 0 Å². The number of aryl methyl sites for hydroxylation is 1. The molecule has 246 valence electrons. The van der Waals surface area contributed by atoms with Gasteiger partial charge in [0, 0.05) is 16.0 Å².